The quantitative estimate of drug-likeness (QED) is 0.583. The van der Waals surface area contributed by atoms with Crippen molar-refractivity contribution >= 4 is 10.9 Å². The minimum atomic E-state index is 0.528. The SMILES string of the molecule is COc1cc(OC)c2cc(-c3ccccc3)c(C3CCCCC3)nc2c1. The molecule has 3 nitrogen and oxygen atoms in total. The molecular weight excluding hydrogens is 322 g/mol. The third-order valence-electron chi connectivity index (χ3n) is 5.43. The number of pyridine rings is 1. The molecule has 134 valence electrons. The lowest BCUT2D eigenvalue weighted by atomic mass is 9.83. The summed E-state index contributed by atoms with van der Waals surface area (Å²) in [6.45, 7) is 0. The minimum Gasteiger partial charge on any atom is -0.497 e. The van der Waals surface area contributed by atoms with Gasteiger partial charge in [-0.3, -0.25) is 4.98 Å². The van der Waals surface area contributed by atoms with Gasteiger partial charge in [0.25, 0.3) is 0 Å². The predicted molar refractivity (Wildman–Crippen MR) is 106 cm³/mol. The molecule has 1 saturated carbocycles. The molecule has 0 amide bonds. The number of ether oxygens (including phenoxy) is 2. The minimum absolute atomic E-state index is 0.528. The van der Waals surface area contributed by atoms with E-state index in [1.165, 1.54) is 48.9 Å². The summed E-state index contributed by atoms with van der Waals surface area (Å²) in [5, 5.41) is 1.03. The van der Waals surface area contributed by atoms with Crippen LogP contribution >= 0.6 is 0 Å². The zero-order valence-corrected chi connectivity index (χ0v) is 15.5. The molecule has 0 atom stereocenters. The highest BCUT2D eigenvalue weighted by atomic mass is 16.5. The summed E-state index contributed by atoms with van der Waals surface area (Å²) >= 11 is 0. The second-order valence-electron chi connectivity index (χ2n) is 7.02. The van der Waals surface area contributed by atoms with Crippen LogP contribution in [0.1, 0.15) is 43.7 Å². The van der Waals surface area contributed by atoms with Gasteiger partial charge in [-0.2, -0.15) is 0 Å². The highest BCUT2D eigenvalue weighted by Gasteiger charge is 2.22. The maximum absolute atomic E-state index is 5.63. The molecule has 0 saturated heterocycles. The molecule has 1 aliphatic rings. The third kappa shape index (κ3) is 3.14. The van der Waals surface area contributed by atoms with E-state index >= 15 is 0 Å². The molecule has 1 fully saturated rings. The fraction of sp³-hybridized carbons (Fsp3) is 0.348. The first kappa shape index (κ1) is 16.9. The Kier molecular flexibility index (Phi) is 4.79. The van der Waals surface area contributed by atoms with Gasteiger partial charge in [-0.15, -0.1) is 0 Å². The Morgan fingerprint density at radius 1 is 0.885 bits per heavy atom. The van der Waals surface area contributed by atoms with Gasteiger partial charge in [0.2, 0.25) is 0 Å². The van der Waals surface area contributed by atoms with Crippen LogP contribution in [0.2, 0.25) is 0 Å². The van der Waals surface area contributed by atoms with Crippen LogP contribution in [0.15, 0.2) is 48.5 Å². The van der Waals surface area contributed by atoms with Gasteiger partial charge in [0, 0.05) is 29.0 Å². The van der Waals surface area contributed by atoms with Gasteiger partial charge in [0.15, 0.2) is 0 Å². The van der Waals surface area contributed by atoms with E-state index in [0.29, 0.717) is 5.92 Å². The molecule has 0 radical (unpaired) electrons. The summed E-state index contributed by atoms with van der Waals surface area (Å²) in [5.74, 6) is 2.11. The third-order valence-corrected chi connectivity index (χ3v) is 5.43. The molecular formula is C23H25NO2. The van der Waals surface area contributed by atoms with E-state index in [0.717, 1.165) is 22.4 Å². The van der Waals surface area contributed by atoms with Crippen LogP contribution in [-0.2, 0) is 0 Å². The first-order valence-corrected chi connectivity index (χ1v) is 9.42. The molecule has 3 heteroatoms. The van der Waals surface area contributed by atoms with Crippen LogP contribution in [0.3, 0.4) is 0 Å². The maximum atomic E-state index is 5.63. The van der Waals surface area contributed by atoms with Gasteiger partial charge in [-0.25, -0.2) is 0 Å². The summed E-state index contributed by atoms with van der Waals surface area (Å²) in [5.41, 5.74) is 4.62. The Bertz CT molecular complexity index is 899. The van der Waals surface area contributed by atoms with Gasteiger partial charge in [-0.1, -0.05) is 49.6 Å². The highest BCUT2D eigenvalue weighted by Crippen LogP contribution is 2.40. The van der Waals surface area contributed by atoms with Crippen molar-refractivity contribution in [2.24, 2.45) is 0 Å². The van der Waals surface area contributed by atoms with E-state index < -0.39 is 0 Å². The number of rotatable bonds is 4. The van der Waals surface area contributed by atoms with Crippen molar-refractivity contribution in [2.75, 3.05) is 14.2 Å². The van der Waals surface area contributed by atoms with E-state index in [-0.39, 0.29) is 0 Å². The fourth-order valence-corrected chi connectivity index (χ4v) is 4.06. The lowest BCUT2D eigenvalue weighted by Crippen LogP contribution is -2.08. The van der Waals surface area contributed by atoms with Crippen LogP contribution in [0.25, 0.3) is 22.0 Å². The first-order chi connectivity index (χ1) is 12.8. The molecule has 0 unspecified atom stereocenters. The van der Waals surface area contributed by atoms with E-state index in [4.69, 9.17) is 14.5 Å². The van der Waals surface area contributed by atoms with Crippen molar-refractivity contribution in [1.29, 1.82) is 0 Å². The number of methoxy groups -OCH3 is 2. The van der Waals surface area contributed by atoms with Gasteiger partial charge in [0.1, 0.15) is 11.5 Å². The summed E-state index contributed by atoms with van der Waals surface area (Å²) in [7, 11) is 3.38. The number of hydrogen-bond acceptors (Lipinski definition) is 3. The van der Waals surface area contributed by atoms with Crippen molar-refractivity contribution in [2.45, 2.75) is 38.0 Å². The highest BCUT2D eigenvalue weighted by molar-refractivity contribution is 5.91. The van der Waals surface area contributed by atoms with Crippen LogP contribution in [0, 0.1) is 0 Å². The second-order valence-corrected chi connectivity index (χ2v) is 7.02. The number of nitrogens with zero attached hydrogens (tertiary/aromatic N) is 1. The molecule has 0 bridgehead atoms. The Morgan fingerprint density at radius 3 is 2.35 bits per heavy atom. The summed E-state index contributed by atoms with van der Waals surface area (Å²) in [6, 6.07) is 16.8. The average molecular weight is 347 g/mol. The Morgan fingerprint density at radius 2 is 1.65 bits per heavy atom. The van der Waals surface area contributed by atoms with Crippen molar-refractivity contribution in [3.63, 3.8) is 0 Å². The molecule has 1 heterocycles. The van der Waals surface area contributed by atoms with Gasteiger partial charge < -0.3 is 9.47 Å². The average Bonchev–Trinajstić information content (AvgIpc) is 2.73. The van der Waals surface area contributed by atoms with Crippen LogP contribution in [0.5, 0.6) is 11.5 Å². The van der Waals surface area contributed by atoms with Gasteiger partial charge in [0.05, 0.1) is 25.4 Å². The Hall–Kier alpha value is -2.55. The molecule has 0 aliphatic heterocycles. The summed E-state index contributed by atoms with van der Waals surface area (Å²) in [4.78, 5) is 5.13. The maximum Gasteiger partial charge on any atom is 0.131 e. The van der Waals surface area contributed by atoms with Crippen molar-refractivity contribution in [3.05, 3.63) is 54.2 Å². The van der Waals surface area contributed by atoms with Crippen molar-refractivity contribution in [3.8, 4) is 22.6 Å². The van der Waals surface area contributed by atoms with E-state index in [9.17, 15) is 0 Å². The molecule has 2 aromatic carbocycles. The largest absolute Gasteiger partial charge is 0.497 e. The van der Waals surface area contributed by atoms with E-state index in [1.54, 1.807) is 14.2 Å². The number of benzene rings is 2. The van der Waals surface area contributed by atoms with Crippen molar-refractivity contribution in [1.82, 2.24) is 4.98 Å². The molecule has 1 aromatic heterocycles. The van der Waals surface area contributed by atoms with Crippen LogP contribution in [0.4, 0.5) is 0 Å². The smallest absolute Gasteiger partial charge is 0.131 e. The topological polar surface area (TPSA) is 31.4 Å². The van der Waals surface area contributed by atoms with Crippen LogP contribution in [-0.4, -0.2) is 19.2 Å². The Labute approximate surface area is 155 Å². The monoisotopic (exact) mass is 347 g/mol. The van der Waals surface area contributed by atoms with Gasteiger partial charge >= 0.3 is 0 Å². The predicted octanol–water partition coefficient (Wildman–Crippen LogP) is 5.97. The summed E-state index contributed by atoms with van der Waals surface area (Å²) in [6.07, 6.45) is 6.37. The molecule has 0 spiro atoms. The Balaban J connectivity index is 1.96. The molecule has 3 aromatic rings. The standard InChI is InChI=1S/C23H25NO2/c1-25-18-13-21-20(22(14-18)26-2)15-19(16-9-5-3-6-10-16)23(24-21)17-11-7-4-8-12-17/h3,5-6,9-10,13-15,17H,4,7-8,11-12H2,1-2H3. The lowest BCUT2D eigenvalue weighted by molar-refractivity contribution is 0.397. The number of fused-ring (bicyclic) bond motifs is 1. The number of hydrogen-bond donors (Lipinski definition) is 0. The lowest BCUT2D eigenvalue weighted by Gasteiger charge is -2.24. The molecule has 1 aliphatic carbocycles. The number of aromatic nitrogens is 1. The van der Waals surface area contributed by atoms with Crippen LogP contribution < -0.4 is 9.47 Å². The molecule has 0 N–H and O–H groups in total. The first-order valence-electron chi connectivity index (χ1n) is 9.42. The van der Waals surface area contributed by atoms with Crippen molar-refractivity contribution < 1.29 is 9.47 Å². The normalized spacial score (nSPS) is 15.2. The van der Waals surface area contributed by atoms with E-state index in [2.05, 4.69) is 36.4 Å². The zero-order chi connectivity index (χ0) is 17.9. The molecule has 4 rings (SSSR count). The van der Waals surface area contributed by atoms with Gasteiger partial charge in [-0.05, 0) is 24.5 Å². The second kappa shape index (κ2) is 7.36. The molecule has 26 heavy (non-hydrogen) atoms. The summed E-state index contributed by atoms with van der Waals surface area (Å²) < 4.78 is 11.1. The fourth-order valence-electron chi connectivity index (χ4n) is 4.06. The van der Waals surface area contributed by atoms with E-state index in [1.807, 2.05) is 12.1 Å². The zero-order valence-electron chi connectivity index (χ0n) is 15.5.